The topological polar surface area (TPSA) is 85.2 Å². The van der Waals surface area contributed by atoms with Crippen LogP contribution in [0.5, 0.6) is 5.75 Å². The molecular formula is C20H18Cl2N2O4. The normalized spacial score (nSPS) is 12.0. The second-order valence-electron chi connectivity index (χ2n) is 6.40. The van der Waals surface area contributed by atoms with Crippen LogP contribution in [0.2, 0.25) is 10.0 Å². The summed E-state index contributed by atoms with van der Waals surface area (Å²) < 4.78 is 9.79. The second-order valence-corrected chi connectivity index (χ2v) is 7.21. The fourth-order valence-corrected chi connectivity index (χ4v) is 3.27. The molecule has 146 valence electrons. The van der Waals surface area contributed by atoms with E-state index < -0.39 is 5.76 Å². The minimum atomic E-state index is -0.647. The van der Waals surface area contributed by atoms with Crippen molar-refractivity contribution in [3.63, 3.8) is 0 Å². The van der Waals surface area contributed by atoms with Gasteiger partial charge < -0.3 is 4.74 Å². The number of hydrogen-bond acceptors (Lipinski definition) is 5. The van der Waals surface area contributed by atoms with Crippen LogP contribution in [0.4, 0.5) is 0 Å². The summed E-state index contributed by atoms with van der Waals surface area (Å²) in [6.07, 6.45) is 0.909. The minimum absolute atomic E-state index is 0.0132. The summed E-state index contributed by atoms with van der Waals surface area (Å²) in [6.45, 7) is 0. The molecule has 1 N–H and O–H groups in total. The molecule has 1 aromatic heterocycles. The summed E-state index contributed by atoms with van der Waals surface area (Å²) in [6, 6.07) is 12.6. The van der Waals surface area contributed by atoms with E-state index in [1.54, 1.807) is 25.3 Å². The molecule has 0 amide bonds. The lowest BCUT2D eigenvalue weighted by Gasteiger charge is -2.14. The molecule has 0 spiro atoms. The average molecular weight is 421 g/mol. The molecule has 6 nitrogen and oxygen atoms in total. The number of benzene rings is 2. The van der Waals surface area contributed by atoms with Crippen molar-refractivity contribution >= 4 is 29.0 Å². The molecule has 8 heteroatoms. The molecule has 0 bridgehead atoms. The first kappa shape index (κ1) is 20.2. The summed E-state index contributed by atoms with van der Waals surface area (Å²) in [5.74, 6) is 0.108. The molecule has 1 atom stereocenters. The van der Waals surface area contributed by atoms with Gasteiger partial charge in [0.05, 0.1) is 17.2 Å². The highest BCUT2D eigenvalue weighted by atomic mass is 35.5. The number of nitrogens with one attached hydrogen (secondary N) is 1. The van der Waals surface area contributed by atoms with Gasteiger partial charge in [-0.2, -0.15) is 0 Å². The zero-order valence-electron chi connectivity index (χ0n) is 15.1. The monoisotopic (exact) mass is 420 g/mol. The van der Waals surface area contributed by atoms with Crippen molar-refractivity contribution in [1.29, 1.82) is 0 Å². The average Bonchev–Trinajstić information content (AvgIpc) is 3.11. The van der Waals surface area contributed by atoms with Crippen LogP contribution in [0, 0.1) is 0 Å². The molecular weight excluding hydrogens is 403 g/mol. The van der Waals surface area contributed by atoms with Crippen molar-refractivity contribution < 1.29 is 14.1 Å². The van der Waals surface area contributed by atoms with Crippen LogP contribution in [0.1, 0.15) is 29.3 Å². The van der Waals surface area contributed by atoms with Crippen molar-refractivity contribution in [2.24, 2.45) is 0 Å². The molecule has 0 aliphatic heterocycles. The van der Waals surface area contributed by atoms with Gasteiger partial charge in [0.1, 0.15) is 11.5 Å². The van der Waals surface area contributed by atoms with Gasteiger partial charge in [-0.15, -0.1) is 0 Å². The van der Waals surface area contributed by atoms with Crippen LogP contribution in [-0.2, 0) is 17.6 Å². The maximum absolute atomic E-state index is 12.6. The molecule has 1 unspecified atom stereocenters. The number of aromatic amines is 1. The van der Waals surface area contributed by atoms with E-state index in [0.717, 1.165) is 16.9 Å². The maximum atomic E-state index is 12.6. The number of carbonyl (C=O) groups is 1. The van der Waals surface area contributed by atoms with E-state index in [9.17, 15) is 9.59 Å². The van der Waals surface area contributed by atoms with Crippen LogP contribution in [0.3, 0.4) is 0 Å². The number of carbonyl (C=O) groups excluding carboxylic acids is 1. The fraction of sp³-hybridized carbons (Fsp3) is 0.250. The molecule has 3 aromatic rings. The van der Waals surface area contributed by atoms with E-state index in [0.29, 0.717) is 22.3 Å². The standard InChI is InChI=1S/C20H18Cl2N2O4/c1-27-16-5-2-12(3-6-16)8-14(19-23-20(26)28-24-19)11-15(25)9-13-4-7-17(21)18(22)10-13/h2-7,10,14H,8-9,11H2,1H3,(H,23,24,26). The van der Waals surface area contributed by atoms with Gasteiger partial charge in [-0.3, -0.25) is 14.3 Å². The van der Waals surface area contributed by atoms with Gasteiger partial charge in [0.25, 0.3) is 0 Å². The Bertz CT molecular complexity index is 1010. The third kappa shape index (κ3) is 5.24. The van der Waals surface area contributed by atoms with Crippen LogP contribution in [0.25, 0.3) is 0 Å². The number of H-pyrrole nitrogens is 1. The SMILES string of the molecule is COc1ccc(CC(CC(=O)Cc2ccc(Cl)c(Cl)c2)c2noc(=O)[nH]2)cc1. The Labute approximate surface area is 171 Å². The Balaban J connectivity index is 1.75. The van der Waals surface area contributed by atoms with E-state index >= 15 is 0 Å². The largest absolute Gasteiger partial charge is 0.497 e. The van der Waals surface area contributed by atoms with E-state index in [-0.39, 0.29) is 24.5 Å². The summed E-state index contributed by atoms with van der Waals surface area (Å²) in [5.41, 5.74) is 1.76. The molecule has 0 saturated carbocycles. The third-order valence-corrected chi connectivity index (χ3v) is 5.08. The molecule has 3 rings (SSSR count). The predicted molar refractivity (Wildman–Crippen MR) is 106 cm³/mol. The van der Waals surface area contributed by atoms with Crippen LogP contribution in [0.15, 0.2) is 51.8 Å². The van der Waals surface area contributed by atoms with E-state index in [4.69, 9.17) is 27.9 Å². The van der Waals surface area contributed by atoms with Crippen molar-refractivity contribution in [2.75, 3.05) is 7.11 Å². The van der Waals surface area contributed by atoms with E-state index in [2.05, 4.69) is 14.7 Å². The lowest BCUT2D eigenvalue weighted by molar-refractivity contribution is -0.118. The van der Waals surface area contributed by atoms with E-state index in [1.165, 1.54) is 0 Å². The third-order valence-electron chi connectivity index (χ3n) is 4.34. The Kier molecular flexibility index (Phi) is 6.54. The van der Waals surface area contributed by atoms with Gasteiger partial charge in [-0.25, -0.2) is 4.79 Å². The van der Waals surface area contributed by atoms with Gasteiger partial charge in [-0.1, -0.05) is 46.6 Å². The van der Waals surface area contributed by atoms with Gasteiger partial charge >= 0.3 is 5.76 Å². The number of hydrogen-bond donors (Lipinski definition) is 1. The van der Waals surface area contributed by atoms with Crippen molar-refractivity contribution in [3.8, 4) is 5.75 Å². The number of rotatable bonds is 8. The molecule has 1 heterocycles. The highest BCUT2D eigenvalue weighted by Gasteiger charge is 2.21. The number of nitrogens with zero attached hydrogens (tertiary/aromatic N) is 1. The summed E-state index contributed by atoms with van der Waals surface area (Å²) in [5, 5.41) is 4.62. The number of aromatic nitrogens is 2. The lowest BCUT2D eigenvalue weighted by atomic mass is 9.91. The second kappa shape index (κ2) is 9.08. The zero-order valence-corrected chi connectivity index (χ0v) is 16.6. The number of methoxy groups -OCH3 is 1. The highest BCUT2D eigenvalue weighted by Crippen LogP contribution is 2.26. The molecule has 28 heavy (non-hydrogen) atoms. The first-order valence-corrected chi connectivity index (χ1v) is 9.34. The van der Waals surface area contributed by atoms with Crippen LogP contribution < -0.4 is 10.5 Å². The molecule has 0 fully saturated rings. The fourth-order valence-electron chi connectivity index (χ4n) is 2.95. The number of Topliss-reactive ketones (excluding diaryl/α,β-unsaturated/α-hetero) is 1. The molecule has 0 radical (unpaired) electrons. The lowest BCUT2D eigenvalue weighted by Crippen LogP contribution is -2.14. The summed E-state index contributed by atoms with van der Waals surface area (Å²) in [7, 11) is 1.60. The van der Waals surface area contributed by atoms with E-state index in [1.807, 2.05) is 24.3 Å². The highest BCUT2D eigenvalue weighted by molar-refractivity contribution is 6.42. The molecule has 0 saturated heterocycles. The zero-order chi connectivity index (χ0) is 20.1. The van der Waals surface area contributed by atoms with Crippen molar-refractivity contribution in [3.05, 3.63) is 80.0 Å². The van der Waals surface area contributed by atoms with Crippen LogP contribution in [-0.4, -0.2) is 23.0 Å². The molecule has 0 aliphatic rings. The predicted octanol–water partition coefficient (Wildman–Crippen LogP) is 4.21. The first-order chi connectivity index (χ1) is 13.4. The number of ketones is 1. The Hall–Kier alpha value is -2.57. The van der Waals surface area contributed by atoms with Crippen molar-refractivity contribution in [2.45, 2.75) is 25.2 Å². The number of ether oxygens (including phenoxy) is 1. The Morgan fingerprint density at radius 1 is 1.14 bits per heavy atom. The van der Waals surface area contributed by atoms with Gasteiger partial charge in [0.2, 0.25) is 0 Å². The smallest absolute Gasteiger partial charge is 0.438 e. The quantitative estimate of drug-likeness (QED) is 0.589. The summed E-state index contributed by atoms with van der Waals surface area (Å²) in [4.78, 5) is 26.6. The van der Waals surface area contributed by atoms with Gasteiger partial charge in [0.15, 0.2) is 5.82 Å². The summed E-state index contributed by atoms with van der Waals surface area (Å²) >= 11 is 11.9. The van der Waals surface area contributed by atoms with Crippen LogP contribution >= 0.6 is 23.2 Å². The Morgan fingerprint density at radius 2 is 1.86 bits per heavy atom. The number of halogens is 2. The maximum Gasteiger partial charge on any atom is 0.438 e. The van der Waals surface area contributed by atoms with Crippen molar-refractivity contribution in [1.82, 2.24) is 10.1 Å². The molecule has 0 aliphatic carbocycles. The minimum Gasteiger partial charge on any atom is -0.497 e. The Morgan fingerprint density at radius 3 is 2.46 bits per heavy atom. The molecule has 2 aromatic carbocycles. The van der Waals surface area contributed by atoms with Gasteiger partial charge in [-0.05, 0) is 41.8 Å². The first-order valence-electron chi connectivity index (χ1n) is 8.59. The van der Waals surface area contributed by atoms with Gasteiger partial charge in [0, 0.05) is 18.8 Å².